The number of imidazole rings is 1. The molecule has 5 nitrogen and oxygen atoms in total. The fourth-order valence-electron chi connectivity index (χ4n) is 3.05. The van der Waals surface area contributed by atoms with Gasteiger partial charge in [-0.15, -0.1) is 0 Å². The number of aromatic nitrogens is 4. The Balaban J connectivity index is 1.82. The lowest BCUT2D eigenvalue weighted by atomic mass is 10.1. The average Bonchev–Trinajstić information content (AvgIpc) is 2.91. The Kier molecular flexibility index (Phi) is 3.06. The Hall–Kier alpha value is -2.43. The molecule has 3 heterocycles. The average molecular weight is 293 g/mol. The summed E-state index contributed by atoms with van der Waals surface area (Å²) in [5, 5.41) is 3.44. The predicted octanol–water partition coefficient (Wildman–Crippen LogP) is 3.52. The molecule has 5 heteroatoms. The number of nitrogens with zero attached hydrogens (tertiary/aromatic N) is 4. The normalized spacial score (nSPS) is 14.1. The molecule has 112 valence electrons. The van der Waals surface area contributed by atoms with E-state index < -0.39 is 0 Å². The fourth-order valence-corrected chi connectivity index (χ4v) is 3.05. The molecule has 1 aliphatic rings. The van der Waals surface area contributed by atoms with Gasteiger partial charge in [0.25, 0.3) is 0 Å². The van der Waals surface area contributed by atoms with E-state index in [1.54, 1.807) is 6.33 Å². The third-order valence-corrected chi connectivity index (χ3v) is 4.29. The van der Waals surface area contributed by atoms with Gasteiger partial charge in [0.2, 0.25) is 0 Å². The Morgan fingerprint density at radius 2 is 2.05 bits per heavy atom. The van der Waals surface area contributed by atoms with Gasteiger partial charge in [0.1, 0.15) is 12.2 Å². The summed E-state index contributed by atoms with van der Waals surface area (Å²) in [6, 6.07) is 6.37. The van der Waals surface area contributed by atoms with E-state index in [9.17, 15) is 0 Å². The summed E-state index contributed by atoms with van der Waals surface area (Å²) in [5.41, 5.74) is 5.31. The maximum Gasteiger partial charge on any atom is 0.165 e. The van der Waals surface area contributed by atoms with Crippen LogP contribution in [0.1, 0.15) is 29.8 Å². The second-order valence-corrected chi connectivity index (χ2v) is 5.97. The smallest absolute Gasteiger partial charge is 0.165 e. The first-order valence-corrected chi connectivity index (χ1v) is 7.77. The molecule has 0 spiro atoms. The van der Waals surface area contributed by atoms with Crippen molar-refractivity contribution < 1.29 is 0 Å². The van der Waals surface area contributed by atoms with Crippen molar-refractivity contribution in [3.63, 3.8) is 0 Å². The highest BCUT2D eigenvalue weighted by molar-refractivity contribution is 5.86. The van der Waals surface area contributed by atoms with E-state index in [4.69, 9.17) is 4.98 Å². The van der Waals surface area contributed by atoms with Crippen LogP contribution in [0.25, 0.3) is 11.2 Å². The standard InChI is InChI=1S/C17H19N5/c1-11-6-7-12(2)13(9-11)20-16-15-17(19-10-18-16)22-8-4-3-5-14(22)21-15/h6-7,9-10H,3-5,8H2,1-2H3,(H,18,19,20). The van der Waals surface area contributed by atoms with Crippen molar-refractivity contribution in [3.05, 3.63) is 41.5 Å². The molecule has 0 bridgehead atoms. The summed E-state index contributed by atoms with van der Waals surface area (Å²) in [6.07, 6.45) is 5.05. The number of rotatable bonds is 2. The van der Waals surface area contributed by atoms with Gasteiger partial charge < -0.3 is 9.88 Å². The van der Waals surface area contributed by atoms with Gasteiger partial charge in [0.15, 0.2) is 17.0 Å². The summed E-state index contributed by atoms with van der Waals surface area (Å²) in [6.45, 7) is 5.19. The highest BCUT2D eigenvalue weighted by atomic mass is 15.2. The van der Waals surface area contributed by atoms with Crippen molar-refractivity contribution in [3.8, 4) is 0 Å². The zero-order valence-corrected chi connectivity index (χ0v) is 12.9. The number of benzene rings is 1. The highest BCUT2D eigenvalue weighted by Gasteiger charge is 2.18. The number of hydrogen-bond acceptors (Lipinski definition) is 4. The van der Waals surface area contributed by atoms with Gasteiger partial charge in [-0.1, -0.05) is 12.1 Å². The second-order valence-electron chi connectivity index (χ2n) is 5.97. The maximum atomic E-state index is 4.78. The van der Waals surface area contributed by atoms with E-state index in [1.807, 2.05) is 0 Å². The van der Waals surface area contributed by atoms with Gasteiger partial charge in [-0.3, -0.25) is 0 Å². The zero-order valence-electron chi connectivity index (χ0n) is 12.9. The van der Waals surface area contributed by atoms with Crippen molar-refractivity contribution in [2.75, 3.05) is 5.32 Å². The number of anilines is 2. The SMILES string of the molecule is Cc1ccc(C)c(Nc2ncnc3c2nc2n3CCCC2)c1. The molecule has 0 saturated carbocycles. The zero-order chi connectivity index (χ0) is 15.1. The van der Waals surface area contributed by atoms with Crippen molar-refractivity contribution in [1.82, 2.24) is 19.5 Å². The Labute approximate surface area is 129 Å². The van der Waals surface area contributed by atoms with Gasteiger partial charge >= 0.3 is 0 Å². The first kappa shape index (κ1) is 13.2. The summed E-state index contributed by atoms with van der Waals surface area (Å²) >= 11 is 0. The number of nitrogens with one attached hydrogen (secondary N) is 1. The molecular weight excluding hydrogens is 274 g/mol. The van der Waals surface area contributed by atoms with Gasteiger partial charge in [0, 0.05) is 18.7 Å². The van der Waals surface area contributed by atoms with Crippen LogP contribution in [0.4, 0.5) is 11.5 Å². The minimum Gasteiger partial charge on any atom is -0.338 e. The lowest BCUT2D eigenvalue weighted by Crippen LogP contribution is -2.10. The molecule has 22 heavy (non-hydrogen) atoms. The molecule has 0 aliphatic carbocycles. The minimum absolute atomic E-state index is 0.792. The van der Waals surface area contributed by atoms with Crippen LogP contribution in [-0.2, 0) is 13.0 Å². The van der Waals surface area contributed by atoms with Crippen molar-refractivity contribution in [2.45, 2.75) is 39.7 Å². The number of aryl methyl sites for hydroxylation is 4. The first-order chi connectivity index (χ1) is 10.7. The monoisotopic (exact) mass is 293 g/mol. The van der Waals surface area contributed by atoms with Crippen LogP contribution in [0.2, 0.25) is 0 Å². The minimum atomic E-state index is 0.792. The molecular formula is C17H19N5. The molecule has 0 atom stereocenters. The van der Waals surface area contributed by atoms with Gasteiger partial charge in [-0.05, 0) is 43.9 Å². The van der Waals surface area contributed by atoms with Crippen molar-refractivity contribution in [2.24, 2.45) is 0 Å². The summed E-state index contributed by atoms with van der Waals surface area (Å²) < 4.78 is 2.23. The Morgan fingerprint density at radius 3 is 2.95 bits per heavy atom. The van der Waals surface area contributed by atoms with Gasteiger partial charge in [-0.2, -0.15) is 0 Å². The van der Waals surface area contributed by atoms with Gasteiger partial charge in [0.05, 0.1) is 0 Å². The summed E-state index contributed by atoms with van der Waals surface area (Å²) in [5.74, 6) is 1.92. The largest absolute Gasteiger partial charge is 0.338 e. The third kappa shape index (κ3) is 2.13. The molecule has 0 radical (unpaired) electrons. The van der Waals surface area contributed by atoms with Crippen LogP contribution < -0.4 is 5.32 Å². The molecule has 1 aromatic carbocycles. The molecule has 1 N–H and O–H groups in total. The molecule has 2 aromatic heterocycles. The van der Waals surface area contributed by atoms with E-state index in [2.05, 4.69) is 51.9 Å². The fraction of sp³-hybridized carbons (Fsp3) is 0.353. The predicted molar refractivity (Wildman–Crippen MR) is 87.5 cm³/mol. The second kappa shape index (κ2) is 5.09. The van der Waals surface area contributed by atoms with Gasteiger partial charge in [-0.25, -0.2) is 15.0 Å². The number of hydrogen-bond donors (Lipinski definition) is 1. The molecule has 0 saturated heterocycles. The van der Waals surface area contributed by atoms with Crippen molar-refractivity contribution in [1.29, 1.82) is 0 Å². The van der Waals surface area contributed by atoms with E-state index >= 15 is 0 Å². The molecule has 0 fully saturated rings. The molecule has 0 unspecified atom stereocenters. The van der Waals surface area contributed by atoms with Crippen LogP contribution in [0.5, 0.6) is 0 Å². The molecule has 1 aliphatic heterocycles. The number of fused-ring (bicyclic) bond motifs is 3. The van der Waals surface area contributed by atoms with E-state index in [0.717, 1.165) is 41.5 Å². The Bertz CT molecular complexity index is 850. The van der Waals surface area contributed by atoms with Crippen LogP contribution in [0.3, 0.4) is 0 Å². The molecule has 0 amide bonds. The lowest BCUT2D eigenvalue weighted by Gasteiger charge is -2.13. The third-order valence-electron chi connectivity index (χ3n) is 4.29. The summed E-state index contributed by atoms with van der Waals surface area (Å²) in [4.78, 5) is 13.6. The van der Waals surface area contributed by atoms with Crippen LogP contribution in [0, 0.1) is 13.8 Å². The highest BCUT2D eigenvalue weighted by Crippen LogP contribution is 2.27. The van der Waals surface area contributed by atoms with Crippen LogP contribution >= 0.6 is 0 Å². The molecule has 3 aromatic rings. The first-order valence-electron chi connectivity index (χ1n) is 7.77. The lowest BCUT2D eigenvalue weighted by molar-refractivity contribution is 0.530. The topological polar surface area (TPSA) is 55.6 Å². The summed E-state index contributed by atoms with van der Waals surface area (Å²) in [7, 11) is 0. The van der Waals surface area contributed by atoms with E-state index in [0.29, 0.717) is 0 Å². The Morgan fingerprint density at radius 1 is 1.14 bits per heavy atom. The van der Waals surface area contributed by atoms with Crippen molar-refractivity contribution >= 4 is 22.7 Å². The van der Waals surface area contributed by atoms with E-state index in [-0.39, 0.29) is 0 Å². The van der Waals surface area contributed by atoms with E-state index in [1.165, 1.54) is 24.0 Å². The van der Waals surface area contributed by atoms with Crippen LogP contribution in [0.15, 0.2) is 24.5 Å². The van der Waals surface area contributed by atoms with Crippen LogP contribution in [-0.4, -0.2) is 19.5 Å². The molecule has 4 rings (SSSR count). The maximum absolute atomic E-state index is 4.78. The quantitative estimate of drug-likeness (QED) is 0.785.